The third kappa shape index (κ3) is 7.06. The molecule has 0 aliphatic carbocycles. The van der Waals surface area contributed by atoms with E-state index in [1.165, 1.54) is 18.0 Å². The van der Waals surface area contributed by atoms with Crippen LogP contribution < -0.4 is 15.4 Å². The number of aromatic nitrogens is 2. The topological polar surface area (TPSA) is 119 Å². The number of esters is 1. The second-order valence-electron chi connectivity index (χ2n) is 10.8. The van der Waals surface area contributed by atoms with Gasteiger partial charge in [-0.25, -0.2) is 4.98 Å². The van der Waals surface area contributed by atoms with Crippen molar-refractivity contribution in [2.24, 2.45) is 0 Å². The molecule has 8 nitrogen and oxygen atoms in total. The van der Waals surface area contributed by atoms with Gasteiger partial charge >= 0.3 is 11.9 Å². The first kappa shape index (κ1) is 30.9. The Morgan fingerprint density at radius 2 is 1.43 bits per heavy atom. The standard InChI is InChI=1S/C32H34N4O4S2/c1-31(2,29(37)38)42-26-16-18-35-28(27(26)21-7-11-22(33)12-8-21)40-30(39)32(3,4)41-25-15-17-34-19-24(25)20-9-13-23(14-10-20)36(5)6/h7-19H,33H2,1-6H3,(H,37,38). The summed E-state index contributed by atoms with van der Waals surface area (Å²) in [4.78, 5) is 37.9. The summed E-state index contributed by atoms with van der Waals surface area (Å²) in [6.07, 6.45) is 5.01. The summed E-state index contributed by atoms with van der Waals surface area (Å²) in [5.41, 5.74) is 10.7. The number of carboxylic acids is 1. The Morgan fingerprint density at radius 3 is 2.05 bits per heavy atom. The van der Waals surface area contributed by atoms with E-state index >= 15 is 0 Å². The van der Waals surface area contributed by atoms with E-state index in [-0.39, 0.29) is 5.88 Å². The van der Waals surface area contributed by atoms with Crippen molar-refractivity contribution in [2.75, 3.05) is 24.7 Å². The number of benzene rings is 2. The number of carboxylic acid groups (broad SMARTS) is 1. The highest BCUT2D eigenvalue weighted by Crippen LogP contribution is 2.44. The summed E-state index contributed by atoms with van der Waals surface area (Å²) in [7, 11) is 3.98. The smallest absolute Gasteiger partial charge is 0.328 e. The number of carbonyl (C=O) groups excluding carboxylic acids is 1. The molecule has 2 aromatic heterocycles. The second kappa shape index (κ2) is 12.5. The predicted molar refractivity (Wildman–Crippen MR) is 171 cm³/mol. The quantitative estimate of drug-likeness (QED) is 0.113. The van der Waals surface area contributed by atoms with Crippen LogP contribution in [0.15, 0.2) is 89.0 Å². The van der Waals surface area contributed by atoms with Crippen molar-refractivity contribution in [2.45, 2.75) is 47.0 Å². The van der Waals surface area contributed by atoms with Gasteiger partial charge in [0.25, 0.3) is 0 Å². The lowest BCUT2D eigenvalue weighted by Crippen LogP contribution is -2.33. The van der Waals surface area contributed by atoms with Crippen LogP contribution in [0.25, 0.3) is 22.3 Å². The number of rotatable bonds is 10. The molecule has 0 saturated heterocycles. The van der Waals surface area contributed by atoms with Gasteiger partial charge in [0.2, 0.25) is 5.88 Å². The molecule has 218 valence electrons. The van der Waals surface area contributed by atoms with Crippen LogP contribution in [0.4, 0.5) is 11.4 Å². The van der Waals surface area contributed by atoms with Crippen LogP contribution in [0.3, 0.4) is 0 Å². The van der Waals surface area contributed by atoms with Crippen molar-refractivity contribution < 1.29 is 19.4 Å². The van der Waals surface area contributed by atoms with Crippen LogP contribution in [-0.2, 0) is 9.59 Å². The Balaban J connectivity index is 1.67. The number of anilines is 2. The first-order valence-corrected chi connectivity index (χ1v) is 14.8. The van der Waals surface area contributed by atoms with Gasteiger partial charge < -0.3 is 20.5 Å². The van der Waals surface area contributed by atoms with E-state index < -0.39 is 21.4 Å². The number of hydrogen-bond acceptors (Lipinski definition) is 9. The van der Waals surface area contributed by atoms with Crippen molar-refractivity contribution in [1.82, 2.24) is 9.97 Å². The lowest BCUT2D eigenvalue weighted by molar-refractivity contribution is -0.139. The van der Waals surface area contributed by atoms with E-state index in [2.05, 4.69) is 9.97 Å². The maximum Gasteiger partial charge on any atom is 0.328 e. The molecule has 0 fully saturated rings. The summed E-state index contributed by atoms with van der Waals surface area (Å²) in [5, 5.41) is 9.76. The van der Waals surface area contributed by atoms with E-state index in [4.69, 9.17) is 10.5 Å². The van der Waals surface area contributed by atoms with Crippen molar-refractivity contribution in [3.8, 4) is 28.1 Å². The molecule has 2 aromatic carbocycles. The van der Waals surface area contributed by atoms with Gasteiger partial charge in [0.15, 0.2) is 0 Å². The van der Waals surface area contributed by atoms with E-state index in [0.29, 0.717) is 21.7 Å². The van der Waals surface area contributed by atoms with Crippen molar-refractivity contribution in [3.05, 3.63) is 79.3 Å². The van der Waals surface area contributed by atoms with Gasteiger partial charge in [-0.3, -0.25) is 14.6 Å². The summed E-state index contributed by atoms with van der Waals surface area (Å²) in [6, 6.07) is 18.8. The molecule has 0 spiro atoms. The number of ether oxygens (including phenoxy) is 1. The monoisotopic (exact) mass is 602 g/mol. The average Bonchev–Trinajstić information content (AvgIpc) is 2.94. The van der Waals surface area contributed by atoms with E-state index in [1.807, 2.05) is 49.3 Å². The van der Waals surface area contributed by atoms with Gasteiger partial charge in [0, 0.05) is 59.4 Å². The minimum absolute atomic E-state index is 0.0962. The fourth-order valence-corrected chi connectivity index (χ4v) is 6.13. The number of nitrogens with two attached hydrogens (primary N) is 1. The van der Waals surface area contributed by atoms with Crippen LogP contribution in [-0.4, -0.2) is 50.6 Å². The van der Waals surface area contributed by atoms with Crippen LogP contribution in [0.2, 0.25) is 0 Å². The highest BCUT2D eigenvalue weighted by Gasteiger charge is 2.35. The molecule has 4 aromatic rings. The molecule has 0 aliphatic heterocycles. The zero-order valence-electron chi connectivity index (χ0n) is 24.4. The van der Waals surface area contributed by atoms with E-state index in [1.54, 1.807) is 70.4 Å². The van der Waals surface area contributed by atoms with Crippen LogP contribution in [0.1, 0.15) is 27.7 Å². The van der Waals surface area contributed by atoms with Crippen LogP contribution >= 0.6 is 23.5 Å². The molecule has 0 aliphatic rings. The second-order valence-corrected chi connectivity index (χ2v) is 14.2. The largest absolute Gasteiger partial charge is 0.480 e. The summed E-state index contributed by atoms with van der Waals surface area (Å²) in [6.45, 7) is 6.85. The molecule has 0 radical (unpaired) electrons. The Morgan fingerprint density at radius 1 is 0.833 bits per heavy atom. The Labute approximate surface area is 254 Å². The summed E-state index contributed by atoms with van der Waals surface area (Å²) in [5.74, 6) is -1.37. The van der Waals surface area contributed by atoms with Gasteiger partial charge in [-0.1, -0.05) is 24.3 Å². The number of thioether (sulfide) groups is 2. The van der Waals surface area contributed by atoms with Crippen molar-refractivity contribution >= 4 is 46.8 Å². The SMILES string of the molecule is CN(C)c1ccc(-c2cnccc2SC(C)(C)C(=O)Oc2nccc(SC(C)(C)C(=O)O)c2-c2ccc(N)cc2)cc1. The number of hydrogen-bond donors (Lipinski definition) is 2. The van der Waals surface area contributed by atoms with E-state index in [0.717, 1.165) is 33.5 Å². The number of carbonyl (C=O) groups is 2. The van der Waals surface area contributed by atoms with E-state index in [9.17, 15) is 14.7 Å². The zero-order chi connectivity index (χ0) is 30.7. The summed E-state index contributed by atoms with van der Waals surface area (Å²) >= 11 is 2.53. The third-order valence-electron chi connectivity index (χ3n) is 6.48. The maximum atomic E-state index is 13.7. The molecule has 0 amide bonds. The highest BCUT2D eigenvalue weighted by atomic mass is 32.2. The molecule has 4 rings (SSSR count). The lowest BCUT2D eigenvalue weighted by atomic mass is 10.1. The number of pyridine rings is 2. The Bertz CT molecular complexity index is 1590. The van der Waals surface area contributed by atoms with Gasteiger partial charge in [-0.05, 0) is 75.2 Å². The predicted octanol–water partition coefficient (Wildman–Crippen LogP) is 6.89. The molecule has 42 heavy (non-hydrogen) atoms. The normalized spacial score (nSPS) is 11.7. The molecule has 0 bridgehead atoms. The minimum atomic E-state index is -1.14. The average molecular weight is 603 g/mol. The lowest BCUT2D eigenvalue weighted by Gasteiger charge is -2.25. The molecule has 3 N–H and O–H groups in total. The fourth-order valence-electron chi connectivity index (χ4n) is 3.98. The minimum Gasteiger partial charge on any atom is -0.480 e. The molecule has 0 atom stereocenters. The fraction of sp³-hybridized carbons (Fsp3) is 0.250. The van der Waals surface area contributed by atoms with Crippen LogP contribution in [0, 0.1) is 0 Å². The first-order chi connectivity index (χ1) is 19.8. The molecule has 0 saturated carbocycles. The van der Waals surface area contributed by atoms with Gasteiger partial charge in [-0.15, -0.1) is 23.5 Å². The van der Waals surface area contributed by atoms with Crippen LogP contribution in [0.5, 0.6) is 5.88 Å². The van der Waals surface area contributed by atoms with Crippen molar-refractivity contribution in [1.29, 1.82) is 0 Å². The Hall–Kier alpha value is -4.02. The molecule has 2 heterocycles. The number of aliphatic carboxylic acids is 1. The number of nitrogen functional groups attached to an aromatic ring is 1. The zero-order valence-corrected chi connectivity index (χ0v) is 26.0. The van der Waals surface area contributed by atoms with Gasteiger partial charge in [-0.2, -0.15) is 0 Å². The Kier molecular flexibility index (Phi) is 9.18. The first-order valence-electron chi connectivity index (χ1n) is 13.2. The third-order valence-corrected chi connectivity index (χ3v) is 8.98. The molecular formula is C32H34N4O4S2. The summed E-state index contributed by atoms with van der Waals surface area (Å²) < 4.78 is 3.84. The molecule has 10 heteroatoms. The van der Waals surface area contributed by atoms with Crippen molar-refractivity contribution in [3.63, 3.8) is 0 Å². The number of nitrogens with zero attached hydrogens (tertiary/aromatic N) is 3. The van der Waals surface area contributed by atoms with Gasteiger partial charge in [0.1, 0.15) is 9.49 Å². The maximum absolute atomic E-state index is 13.7. The molecule has 0 unspecified atom stereocenters. The van der Waals surface area contributed by atoms with Gasteiger partial charge in [0.05, 0.1) is 5.56 Å². The highest BCUT2D eigenvalue weighted by molar-refractivity contribution is 8.01. The molecular weight excluding hydrogens is 569 g/mol.